The fourth-order valence-electron chi connectivity index (χ4n) is 3.44. The second kappa shape index (κ2) is 9.91. The van der Waals surface area contributed by atoms with Crippen LogP contribution in [0.1, 0.15) is 11.1 Å². The SMILES string of the molecule is O=[N+]([O-])c1cc2c(cc1C=Nn1c(-c3ccc(Cl)c(Cl)c3)csc1=NCc1ccccc1)OCO2. The molecule has 0 aliphatic carbocycles. The molecule has 0 unspecified atom stereocenters. The van der Waals surface area contributed by atoms with E-state index in [0.29, 0.717) is 38.6 Å². The minimum absolute atomic E-state index is 0.0103. The van der Waals surface area contributed by atoms with Crippen LogP contribution in [0.15, 0.2) is 76.1 Å². The van der Waals surface area contributed by atoms with Gasteiger partial charge in [0, 0.05) is 10.9 Å². The summed E-state index contributed by atoms with van der Waals surface area (Å²) < 4.78 is 12.3. The highest BCUT2D eigenvalue weighted by Gasteiger charge is 2.22. The van der Waals surface area contributed by atoms with E-state index < -0.39 is 4.92 Å². The van der Waals surface area contributed by atoms with E-state index in [-0.39, 0.29) is 18.0 Å². The number of ether oxygens (including phenoxy) is 2. The lowest BCUT2D eigenvalue weighted by molar-refractivity contribution is -0.385. The number of thiazole rings is 1. The van der Waals surface area contributed by atoms with E-state index in [1.54, 1.807) is 16.8 Å². The molecule has 2 heterocycles. The molecule has 0 atom stereocenters. The summed E-state index contributed by atoms with van der Waals surface area (Å²) in [5.41, 5.74) is 2.65. The van der Waals surface area contributed by atoms with Crippen LogP contribution in [-0.2, 0) is 6.54 Å². The molecule has 11 heteroatoms. The molecule has 3 aromatic carbocycles. The van der Waals surface area contributed by atoms with Crippen LogP contribution in [0.3, 0.4) is 0 Å². The Hall–Kier alpha value is -3.66. The molecule has 0 saturated heterocycles. The van der Waals surface area contributed by atoms with Crippen LogP contribution < -0.4 is 14.3 Å². The van der Waals surface area contributed by atoms with Gasteiger partial charge in [0.05, 0.1) is 45.1 Å². The number of nitro benzene ring substituents is 1. The molecule has 0 spiro atoms. The maximum atomic E-state index is 11.7. The number of halogens is 2. The first kappa shape index (κ1) is 23.1. The number of nitrogens with zero attached hydrogens (tertiary/aromatic N) is 4. The largest absolute Gasteiger partial charge is 0.454 e. The van der Waals surface area contributed by atoms with Gasteiger partial charge in [0.2, 0.25) is 11.6 Å². The number of hydrogen-bond acceptors (Lipinski definition) is 7. The van der Waals surface area contributed by atoms with E-state index in [2.05, 4.69) is 5.10 Å². The van der Waals surface area contributed by atoms with Crippen molar-refractivity contribution in [1.29, 1.82) is 0 Å². The minimum Gasteiger partial charge on any atom is -0.454 e. The maximum Gasteiger partial charge on any atom is 0.282 e. The standard InChI is InChI=1S/C24H16Cl2N4O4S/c25-18-7-6-16(8-19(18)26)21-13-35-24(27-11-15-4-2-1-3-5-15)29(21)28-12-17-9-22-23(34-14-33-22)10-20(17)30(31)32/h1-10,12-13H,11,14H2. The van der Waals surface area contributed by atoms with E-state index in [1.807, 2.05) is 41.8 Å². The van der Waals surface area contributed by atoms with Crippen molar-refractivity contribution >= 4 is 46.4 Å². The monoisotopic (exact) mass is 526 g/mol. The van der Waals surface area contributed by atoms with Crippen molar-refractivity contribution < 1.29 is 14.4 Å². The zero-order valence-electron chi connectivity index (χ0n) is 17.9. The van der Waals surface area contributed by atoms with E-state index in [0.717, 1.165) is 11.1 Å². The zero-order chi connectivity index (χ0) is 24.4. The Bertz CT molecular complexity index is 1520. The van der Waals surface area contributed by atoms with Gasteiger partial charge in [-0.25, -0.2) is 4.68 Å². The van der Waals surface area contributed by atoms with Crippen LogP contribution >= 0.6 is 34.5 Å². The van der Waals surface area contributed by atoms with Gasteiger partial charge in [-0.3, -0.25) is 15.1 Å². The molecule has 0 radical (unpaired) electrons. The van der Waals surface area contributed by atoms with Crippen molar-refractivity contribution in [3.05, 3.63) is 102 Å². The lowest BCUT2D eigenvalue weighted by atomic mass is 10.1. The number of rotatable bonds is 6. The fourth-order valence-corrected chi connectivity index (χ4v) is 4.58. The molecular weight excluding hydrogens is 511 g/mol. The highest BCUT2D eigenvalue weighted by atomic mass is 35.5. The summed E-state index contributed by atoms with van der Waals surface area (Å²) in [6, 6.07) is 18.0. The Kier molecular flexibility index (Phi) is 6.54. The number of benzene rings is 3. The Morgan fingerprint density at radius 1 is 1.06 bits per heavy atom. The summed E-state index contributed by atoms with van der Waals surface area (Å²) in [6.45, 7) is 0.457. The second-order valence-electron chi connectivity index (χ2n) is 7.41. The van der Waals surface area contributed by atoms with Crippen LogP contribution in [0, 0.1) is 10.1 Å². The third kappa shape index (κ3) is 4.93. The molecule has 1 aromatic heterocycles. The summed E-state index contributed by atoms with van der Waals surface area (Å²) in [4.78, 5) is 16.5. The molecule has 0 saturated carbocycles. The van der Waals surface area contributed by atoms with E-state index >= 15 is 0 Å². The Balaban J connectivity index is 1.61. The summed E-state index contributed by atoms with van der Waals surface area (Å²) >= 11 is 13.7. The molecule has 35 heavy (non-hydrogen) atoms. The molecule has 0 bridgehead atoms. The maximum absolute atomic E-state index is 11.7. The van der Waals surface area contributed by atoms with Crippen LogP contribution in [-0.4, -0.2) is 22.6 Å². The molecule has 1 aliphatic heterocycles. The lowest BCUT2D eigenvalue weighted by Crippen LogP contribution is -2.12. The molecular formula is C24H16Cl2N4O4S. The summed E-state index contributed by atoms with van der Waals surface area (Å²) in [5, 5.41) is 19.0. The third-order valence-electron chi connectivity index (χ3n) is 5.17. The number of fused-ring (bicyclic) bond motifs is 1. The van der Waals surface area contributed by atoms with Crippen molar-refractivity contribution in [2.24, 2.45) is 10.1 Å². The molecule has 0 N–H and O–H groups in total. The van der Waals surface area contributed by atoms with E-state index in [1.165, 1.54) is 29.7 Å². The third-order valence-corrected chi connectivity index (χ3v) is 6.76. The van der Waals surface area contributed by atoms with Crippen LogP contribution in [0.5, 0.6) is 11.5 Å². The van der Waals surface area contributed by atoms with E-state index in [9.17, 15) is 10.1 Å². The Labute approximate surface area is 213 Å². The van der Waals surface area contributed by atoms with Gasteiger partial charge >= 0.3 is 0 Å². The van der Waals surface area contributed by atoms with Gasteiger partial charge in [-0.1, -0.05) is 59.6 Å². The van der Waals surface area contributed by atoms with E-state index in [4.69, 9.17) is 37.7 Å². The molecule has 0 amide bonds. The summed E-state index contributed by atoms with van der Waals surface area (Å²) in [7, 11) is 0. The van der Waals surface area contributed by atoms with Crippen molar-refractivity contribution in [3.63, 3.8) is 0 Å². The van der Waals surface area contributed by atoms with Crippen LogP contribution in [0.25, 0.3) is 11.3 Å². The normalized spacial score (nSPS) is 13.0. The van der Waals surface area contributed by atoms with Crippen molar-refractivity contribution in [2.45, 2.75) is 6.54 Å². The highest BCUT2D eigenvalue weighted by Crippen LogP contribution is 2.37. The van der Waals surface area contributed by atoms with Gasteiger partial charge in [0.15, 0.2) is 11.5 Å². The zero-order valence-corrected chi connectivity index (χ0v) is 20.3. The van der Waals surface area contributed by atoms with Crippen molar-refractivity contribution in [2.75, 3.05) is 6.79 Å². The number of aromatic nitrogens is 1. The number of nitro groups is 1. The Morgan fingerprint density at radius 2 is 1.83 bits per heavy atom. The predicted molar refractivity (Wildman–Crippen MR) is 136 cm³/mol. The second-order valence-corrected chi connectivity index (χ2v) is 9.06. The molecule has 8 nitrogen and oxygen atoms in total. The van der Waals surface area contributed by atoms with Crippen molar-refractivity contribution in [1.82, 2.24) is 4.68 Å². The van der Waals surface area contributed by atoms with Crippen LogP contribution in [0.4, 0.5) is 5.69 Å². The number of hydrogen-bond donors (Lipinski definition) is 0. The van der Waals surface area contributed by atoms with Gasteiger partial charge in [-0.15, -0.1) is 11.3 Å². The van der Waals surface area contributed by atoms with Crippen molar-refractivity contribution in [3.8, 4) is 22.8 Å². The molecule has 1 aliphatic rings. The van der Waals surface area contributed by atoms with Crippen LogP contribution in [0.2, 0.25) is 10.0 Å². The van der Waals surface area contributed by atoms with Gasteiger partial charge in [0.1, 0.15) is 0 Å². The fraction of sp³-hybridized carbons (Fsp3) is 0.0833. The average Bonchev–Trinajstić information content (AvgIpc) is 3.49. The lowest BCUT2D eigenvalue weighted by Gasteiger charge is -2.06. The van der Waals surface area contributed by atoms with Gasteiger partial charge in [0.25, 0.3) is 5.69 Å². The van der Waals surface area contributed by atoms with Gasteiger partial charge < -0.3 is 9.47 Å². The molecule has 5 rings (SSSR count). The summed E-state index contributed by atoms with van der Waals surface area (Å²) in [6.07, 6.45) is 1.41. The predicted octanol–water partition coefficient (Wildman–Crippen LogP) is 6.14. The first-order valence-corrected chi connectivity index (χ1v) is 12.0. The average molecular weight is 527 g/mol. The first-order valence-electron chi connectivity index (χ1n) is 10.3. The topological polar surface area (TPSA) is 91.2 Å². The van der Waals surface area contributed by atoms with Gasteiger partial charge in [-0.2, -0.15) is 5.10 Å². The molecule has 0 fully saturated rings. The quantitative estimate of drug-likeness (QED) is 0.171. The summed E-state index contributed by atoms with van der Waals surface area (Å²) in [5.74, 6) is 0.748. The highest BCUT2D eigenvalue weighted by molar-refractivity contribution is 7.07. The minimum atomic E-state index is -0.484. The smallest absolute Gasteiger partial charge is 0.282 e. The van der Waals surface area contributed by atoms with Gasteiger partial charge in [-0.05, 0) is 23.8 Å². The molecule has 4 aromatic rings. The Morgan fingerprint density at radius 3 is 2.57 bits per heavy atom. The first-order chi connectivity index (χ1) is 17.0. The molecule has 176 valence electrons.